The van der Waals surface area contributed by atoms with E-state index in [2.05, 4.69) is 0 Å². The summed E-state index contributed by atoms with van der Waals surface area (Å²) in [5.74, 6) is -0.0140. The van der Waals surface area contributed by atoms with E-state index >= 15 is 0 Å². The highest BCUT2D eigenvalue weighted by molar-refractivity contribution is 7.20. The van der Waals surface area contributed by atoms with Gasteiger partial charge in [0.15, 0.2) is 0 Å². The summed E-state index contributed by atoms with van der Waals surface area (Å²) in [6.07, 6.45) is -4.35. The molecule has 0 bridgehead atoms. The van der Waals surface area contributed by atoms with E-state index in [1.807, 2.05) is 35.2 Å². The molecule has 0 atom stereocenters. The van der Waals surface area contributed by atoms with Crippen LogP contribution in [0.1, 0.15) is 15.2 Å². The van der Waals surface area contributed by atoms with Crippen LogP contribution in [0, 0.1) is 0 Å². The molecule has 0 spiro atoms. The second-order valence-electron chi connectivity index (χ2n) is 6.48. The molecule has 3 nitrogen and oxygen atoms in total. The minimum Gasteiger partial charge on any atom is -0.368 e. The van der Waals surface area contributed by atoms with Crippen molar-refractivity contribution in [2.75, 3.05) is 31.1 Å². The molecule has 140 valence electrons. The summed E-state index contributed by atoms with van der Waals surface area (Å²) in [6, 6.07) is 15.1. The minimum absolute atomic E-state index is 0.0140. The van der Waals surface area contributed by atoms with E-state index < -0.39 is 11.7 Å². The van der Waals surface area contributed by atoms with Gasteiger partial charge >= 0.3 is 6.18 Å². The molecule has 3 aromatic rings. The van der Waals surface area contributed by atoms with Crippen LogP contribution in [0.25, 0.3) is 10.1 Å². The van der Waals surface area contributed by atoms with Crippen LogP contribution in [0.5, 0.6) is 0 Å². The number of alkyl halides is 3. The lowest BCUT2D eigenvalue weighted by Gasteiger charge is -2.36. The second-order valence-corrected chi connectivity index (χ2v) is 7.56. The molecule has 0 aliphatic carbocycles. The Balaban J connectivity index is 1.45. The van der Waals surface area contributed by atoms with Crippen LogP contribution in [0.15, 0.2) is 54.6 Å². The largest absolute Gasteiger partial charge is 0.416 e. The summed E-state index contributed by atoms with van der Waals surface area (Å²) in [7, 11) is 0. The van der Waals surface area contributed by atoms with Gasteiger partial charge < -0.3 is 9.80 Å². The molecule has 2 aromatic carbocycles. The fourth-order valence-electron chi connectivity index (χ4n) is 3.29. The average molecular weight is 390 g/mol. The van der Waals surface area contributed by atoms with Crippen LogP contribution >= 0.6 is 11.3 Å². The van der Waals surface area contributed by atoms with Gasteiger partial charge in [-0.05, 0) is 35.7 Å². The van der Waals surface area contributed by atoms with E-state index in [0.717, 1.165) is 16.2 Å². The quantitative estimate of drug-likeness (QED) is 0.623. The number of piperazine rings is 1. The molecule has 2 heterocycles. The Labute approximate surface area is 158 Å². The summed E-state index contributed by atoms with van der Waals surface area (Å²) in [5.41, 5.74) is -0.109. The Kier molecular flexibility index (Phi) is 4.55. The van der Waals surface area contributed by atoms with Gasteiger partial charge in [-0.2, -0.15) is 13.2 Å². The van der Waals surface area contributed by atoms with E-state index in [1.54, 1.807) is 11.0 Å². The van der Waals surface area contributed by atoms with Crippen LogP contribution in [0.2, 0.25) is 0 Å². The Bertz CT molecular complexity index is 942. The van der Waals surface area contributed by atoms with Crippen LogP contribution in [0.4, 0.5) is 18.9 Å². The molecular weight excluding hydrogens is 373 g/mol. The number of carbonyl (C=O) groups excluding carboxylic acids is 1. The van der Waals surface area contributed by atoms with Crippen molar-refractivity contribution in [3.05, 3.63) is 65.0 Å². The molecule has 27 heavy (non-hydrogen) atoms. The minimum atomic E-state index is -4.35. The number of hydrogen-bond acceptors (Lipinski definition) is 3. The normalized spacial score (nSPS) is 15.4. The standard InChI is InChI=1S/C20H17F3N2OS/c21-20(22,23)15-5-3-6-16(13-15)24-8-10-25(11-9-24)19(26)18-12-14-4-1-2-7-17(14)27-18/h1-7,12-13H,8-11H2. The topological polar surface area (TPSA) is 23.6 Å². The lowest BCUT2D eigenvalue weighted by Crippen LogP contribution is -2.48. The highest BCUT2D eigenvalue weighted by Crippen LogP contribution is 2.32. The smallest absolute Gasteiger partial charge is 0.368 e. The van der Waals surface area contributed by atoms with E-state index in [1.165, 1.54) is 23.5 Å². The van der Waals surface area contributed by atoms with Gasteiger partial charge in [0, 0.05) is 36.6 Å². The predicted octanol–water partition coefficient (Wildman–Crippen LogP) is 4.88. The van der Waals surface area contributed by atoms with Crippen molar-refractivity contribution in [2.24, 2.45) is 0 Å². The number of amides is 1. The van der Waals surface area contributed by atoms with Gasteiger partial charge in [-0.1, -0.05) is 24.3 Å². The first-order valence-corrected chi connectivity index (χ1v) is 9.43. The summed E-state index contributed by atoms with van der Waals surface area (Å²) in [4.78, 5) is 17.1. The molecule has 4 rings (SSSR count). The van der Waals surface area contributed by atoms with Crippen LogP contribution in [0.3, 0.4) is 0 Å². The lowest BCUT2D eigenvalue weighted by molar-refractivity contribution is -0.137. The SMILES string of the molecule is O=C(c1cc2ccccc2s1)N1CCN(c2cccc(C(F)(F)F)c2)CC1. The van der Waals surface area contributed by atoms with E-state index in [9.17, 15) is 18.0 Å². The Morgan fingerprint density at radius 3 is 2.37 bits per heavy atom. The van der Waals surface area contributed by atoms with Crippen LogP contribution in [-0.4, -0.2) is 37.0 Å². The lowest BCUT2D eigenvalue weighted by atomic mass is 10.1. The first-order chi connectivity index (χ1) is 12.9. The summed E-state index contributed by atoms with van der Waals surface area (Å²) >= 11 is 1.47. The van der Waals surface area contributed by atoms with Crippen molar-refractivity contribution >= 4 is 33.0 Å². The first kappa shape index (κ1) is 17.9. The van der Waals surface area contributed by atoms with Gasteiger partial charge in [-0.15, -0.1) is 11.3 Å². The van der Waals surface area contributed by atoms with Gasteiger partial charge in [0.25, 0.3) is 5.91 Å². The number of thiophene rings is 1. The van der Waals surface area contributed by atoms with Crippen LogP contribution in [-0.2, 0) is 6.18 Å². The predicted molar refractivity (Wildman–Crippen MR) is 101 cm³/mol. The third kappa shape index (κ3) is 3.64. The summed E-state index contributed by atoms with van der Waals surface area (Å²) in [5, 5.41) is 1.05. The number of carbonyl (C=O) groups is 1. The van der Waals surface area contributed by atoms with Crippen molar-refractivity contribution in [2.45, 2.75) is 6.18 Å². The number of fused-ring (bicyclic) bond motifs is 1. The monoisotopic (exact) mass is 390 g/mol. The fraction of sp³-hybridized carbons (Fsp3) is 0.250. The first-order valence-electron chi connectivity index (χ1n) is 8.62. The van der Waals surface area contributed by atoms with Crippen molar-refractivity contribution < 1.29 is 18.0 Å². The molecule has 1 amide bonds. The molecule has 1 aliphatic heterocycles. The number of anilines is 1. The van der Waals surface area contributed by atoms with Crippen molar-refractivity contribution in [3.63, 3.8) is 0 Å². The van der Waals surface area contributed by atoms with E-state index in [-0.39, 0.29) is 5.91 Å². The van der Waals surface area contributed by atoms with Gasteiger partial charge in [-0.3, -0.25) is 4.79 Å². The third-order valence-corrected chi connectivity index (χ3v) is 5.85. The van der Waals surface area contributed by atoms with Gasteiger partial charge in [0.1, 0.15) is 0 Å². The molecule has 1 saturated heterocycles. The molecule has 1 fully saturated rings. The summed E-state index contributed by atoms with van der Waals surface area (Å²) < 4.78 is 39.8. The zero-order valence-electron chi connectivity index (χ0n) is 14.4. The third-order valence-electron chi connectivity index (χ3n) is 4.74. The highest BCUT2D eigenvalue weighted by atomic mass is 32.1. The molecule has 0 N–H and O–H groups in total. The maximum absolute atomic E-state index is 12.9. The molecule has 1 aromatic heterocycles. The number of rotatable bonds is 2. The zero-order valence-corrected chi connectivity index (χ0v) is 15.2. The highest BCUT2D eigenvalue weighted by Gasteiger charge is 2.31. The van der Waals surface area contributed by atoms with Gasteiger partial charge in [0.05, 0.1) is 10.4 Å². The maximum Gasteiger partial charge on any atom is 0.416 e. The number of benzene rings is 2. The molecule has 0 saturated carbocycles. The Hall–Kier alpha value is -2.54. The molecule has 0 radical (unpaired) electrons. The fourth-order valence-corrected chi connectivity index (χ4v) is 4.32. The number of hydrogen-bond donors (Lipinski definition) is 0. The second kappa shape index (κ2) is 6.88. The van der Waals surface area contributed by atoms with Crippen molar-refractivity contribution in [3.8, 4) is 0 Å². The maximum atomic E-state index is 12.9. The van der Waals surface area contributed by atoms with Crippen molar-refractivity contribution in [1.29, 1.82) is 0 Å². The molecule has 1 aliphatic rings. The number of halogens is 3. The van der Waals surface area contributed by atoms with E-state index in [0.29, 0.717) is 36.7 Å². The van der Waals surface area contributed by atoms with Gasteiger partial charge in [-0.25, -0.2) is 0 Å². The molecular formula is C20H17F3N2OS. The van der Waals surface area contributed by atoms with Crippen LogP contribution < -0.4 is 4.90 Å². The Morgan fingerprint density at radius 1 is 0.926 bits per heavy atom. The average Bonchev–Trinajstić information content (AvgIpc) is 3.11. The van der Waals surface area contributed by atoms with Gasteiger partial charge in [0.2, 0.25) is 0 Å². The van der Waals surface area contributed by atoms with E-state index in [4.69, 9.17) is 0 Å². The zero-order chi connectivity index (χ0) is 19.0. The van der Waals surface area contributed by atoms with Crippen molar-refractivity contribution in [1.82, 2.24) is 4.90 Å². The summed E-state index contributed by atoms with van der Waals surface area (Å²) in [6.45, 7) is 2.00. The molecule has 7 heteroatoms. The Morgan fingerprint density at radius 2 is 1.67 bits per heavy atom. The number of nitrogens with zero attached hydrogens (tertiary/aromatic N) is 2. The molecule has 0 unspecified atom stereocenters.